The van der Waals surface area contributed by atoms with Gasteiger partial charge in [0.15, 0.2) is 0 Å². The maximum Gasteiger partial charge on any atom is 0.274 e. The second kappa shape index (κ2) is 5.83. The molecular weight excluding hydrogens is 266 g/mol. The fourth-order valence-corrected chi connectivity index (χ4v) is 1.98. The molecule has 1 saturated carbocycles. The third-order valence-electron chi connectivity index (χ3n) is 3.29. The number of amides is 1. The van der Waals surface area contributed by atoms with Crippen LogP contribution in [0.4, 0.5) is 11.4 Å². The Kier molecular flexibility index (Phi) is 3.73. The van der Waals surface area contributed by atoms with E-state index in [1.807, 2.05) is 6.07 Å². The first kappa shape index (κ1) is 13.4. The summed E-state index contributed by atoms with van der Waals surface area (Å²) in [7, 11) is 1.61. The van der Waals surface area contributed by atoms with Crippen LogP contribution in [0.2, 0.25) is 0 Å². The van der Waals surface area contributed by atoms with Gasteiger partial charge in [0.05, 0.1) is 7.11 Å². The number of pyridine rings is 1. The highest BCUT2D eigenvalue weighted by Crippen LogP contribution is 2.24. The molecule has 1 aliphatic carbocycles. The topological polar surface area (TPSA) is 63.2 Å². The van der Waals surface area contributed by atoms with Gasteiger partial charge in [0, 0.05) is 23.6 Å². The van der Waals surface area contributed by atoms with Crippen LogP contribution in [0.5, 0.6) is 5.75 Å². The minimum absolute atomic E-state index is 0.223. The smallest absolute Gasteiger partial charge is 0.274 e. The Labute approximate surface area is 123 Å². The minimum atomic E-state index is -0.223. The van der Waals surface area contributed by atoms with Crippen molar-refractivity contribution in [2.75, 3.05) is 17.7 Å². The van der Waals surface area contributed by atoms with Gasteiger partial charge in [0.25, 0.3) is 5.91 Å². The van der Waals surface area contributed by atoms with Crippen LogP contribution in [-0.2, 0) is 0 Å². The van der Waals surface area contributed by atoms with E-state index in [1.165, 1.54) is 12.8 Å². The summed E-state index contributed by atoms with van der Waals surface area (Å²) in [6.45, 7) is 0. The van der Waals surface area contributed by atoms with Gasteiger partial charge in [0.1, 0.15) is 11.4 Å². The van der Waals surface area contributed by atoms with Gasteiger partial charge in [-0.2, -0.15) is 0 Å². The van der Waals surface area contributed by atoms with E-state index in [4.69, 9.17) is 4.74 Å². The number of nitrogens with one attached hydrogen (secondary N) is 2. The van der Waals surface area contributed by atoms with E-state index in [9.17, 15) is 4.79 Å². The van der Waals surface area contributed by atoms with Crippen molar-refractivity contribution in [2.45, 2.75) is 18.9 Å². The number of rotatable bonds is 5. The number of aromatic nitrogens is 1. The van der Waals surface area contributed by atoms with Gasteiger partial charge in [-0.3, -0.25) is 9.78 Å². The summed E-state index contributed by atoms with van der Waals surface area (Å²) in [6, 6.07) is 11.4. The predicted molar refractivity (Wildman–Crippen MR) is 81.8 cm³/mol. The summed E-state index contributed by atoms with van der Waals surface area (Å²) in [5, 5.41) is 6.17. The van der Waals surface area contributed by atoms with Crippen molar-refractivity contribution < 1.29 is 9.53 Å². The number of ether oxygens (including phenoxy) is 1. The van der Waals surface area contributed by atoms with Gasteiger partial charge in [-0.25, -0.2) is 0 Å². The summed E-state index contributed by atoms with van der Waals surface area (Å²) < 4.78 is 5.08. The van der Waals surface area contributed by atoms with E-state index in [0.29, 0.717) is 17.4 Å². The number of hydrogen-bond acceptors (Lipinski definition) is 4. The Hall–Kier alpha value is -2.56. The maximum atomic E-state index is 12.2. The summed E-state index contributed by atoms with van der Waals surface area (Å²) in [4.78, 5) is 16.3. The molecule has 0 radical (unpaired) electrons. The first-order valence-corrected chi connectivity index (χ1v) is 6.92. The molecule has 1 amide bonds. The molecule has 0 saturated heterocycles. The predicted octanol–water partition coefficient (Wildman–Crippen LogP) is 2.92. The Balaban J connectivity index is 1.68. The summed E-state index contributed by atoms with van der Waals surface area (Å²) in [6.07, 6.45) is 4.03. The van der Waals surface area contributed by atoms with Crippen molar-refractivity contribution in [1.82, 2.24) is 4.98 Å². The van der Waals surface area contributed by atoms with Crippen molar-refractivity contribution in [3.8, 4) is 5.75 Å². The lowest BCUT2D eigenvalue weighted by Gasteiger charge is -2.08. The van der Waals surface area contributed by atoms with Crippen LogP contribution in [0.3, 0.4) is 0 Å². The van der Waals surface area contributed by atoms with Crippen LogP contribution in [0, 0.1) is 0 Å². The number of anilines is 2. The molecule has 21 heavy (non-hydrogen) atoms. The monoisotopic (exact) mass is 283 g/mol. The van der Waals surface area contributed by atoms with Gasteiger partial charge >= 0.3 is 0 Å². The molecule has 5 heteroatoms. The Bertz CT molecular complexity index is 636. The number of carbonyl (C=O) groups excluding carboxylic acids is 1. The quantitative estimate of drug-likeness (QED) is 0.885. The highest BCUT2D eigenvalue weighted by molar-refractivity contribution is 6.03. The second-order valence-corrected chi connectivity index (χ2v) is 5.03. The van der Waals surface area contributed by atoms with E-state index in [-0.39, 0.29) is 5.91 Å². The van der Waals surface area contributed by atoms with Crippen LogP contribution >= 0.6 is 0 Å². The van der Waals surface area contributed by atoms with Crippen LogP contribution in [0.15, 0.2) is 42.6 Å². The Morgan fingerprint density at radius 3 is 2.62 bits per heavy atom. The molecule has 1 heterocycles. The number of nitrogens with zero attached hydrogens (tertiary/aromatic N) is 1. The van der Waals surface area contributed by atoms with Gasteiger partial charge in [-0.05, 0) is 49.2 Å². The van der Waals surface area contributed by atoms with E-state index >= 15 is 0 Å². The number of hydrogen-bond donors (Lipinski definition) is 2. The normalized spacial score (nSPS) is 13.6. The molecule has 0 bridgehead atoms. The average Bonchev–Trinajstić information content (AvgIpc) is 3.32. The molecule has 0 unspecified atom stereocenters. The molecule has 5 nitrogen and oxygen atoms in total. The zero-order valence-electron chi connectivity index (χ0n) is 11.8. The lowest BCUT2D eigenvalue weighted by Crippen LogP contribution is -2.14. The van der Waals surface area contributed by atoms with Gasteiger partial charge in [0.2, 0.25) is 0 Å². The average molecular weight is 283 g/mol. The fourth-order valence-electron chi connectivity index (χ4n) is 1.98. The van der Waals surface area contributed by atoms with Crippen molar-refractivity contribution in [1.29, 1.82) is 0 Å². The molecule has 1 fully saturated rings. The minimum Gasteiger partial charge on any atom is -0.497 e. The first-order chi connectivity index (χ1) is 10.2. The molecule has 0 spiro atoms. The molecule has 1 aliphatic rings. The Morgan fingerprint density at radius 2 is 1.95 bits per heavy atom. The standard InChI is InChI=1S/C16H17N3O2/c1-21-14-6-4-12(5-7-14)19-16(20)15-10-13(8-9-17-15)18-11-2-3-11/h4-11H,2-3H2,1H3,(H,17,18)(H,19,20). The van der Waals surface area contributed by atoms with Crippen LogP contribution < -0.4 is 15.4 Å². The number of carbonyl (C=O) groups is 1. The van der Waals surface area contributed by atoms with E-state index in [0.717, 1.165) is 11.4 Å². The Morgan fingerprint density at radius 1 is 1.19 bits per heavy atom. The lowest BCUT2D eigenvalue weighted by molar-refractivity contribution is 0.102. The van der Waals surface area contributed by atoms with Gasteiger partial charge < -0.3 is 15.4 Å². The van der Waals surface area contributed by atoms with Crippen LogP contribution in [0.1, 0.15) is 23.3 Å². The molecule has 0 atom stereocenters. The molecular formula is C16H17N3O2. The maximum absolute atomic E-state index is 12.2. The third-order valence-corrected chi connectivity index (χ3v) is 3.29. The molecule has 2 N–H and O–H groups in total. The zero-order chi connectivity index (χ0) is 14.7. The first-order valence-electron chi connectivity index (χ1n) is 6.92. The lowest BCUT2D eigenvalue weighted by atomic mass is 10.2. The highest BCUT2D eigenvalue weighted by Gasteiger charge is 2.21. The molecule has 0 aliphatic heterocycles. The third kappa shape index (κ3) is 3.51. The van der Waals surface area contributed by atoms with E-state index in [2.05, 4.69) is 15.6 Å². The highest BCUT2D eigenvalue weighted by atomic mass is 16.5. The number of benzene rings is 1. The van der Waals surface area contributed by atoms with Gasteiger partial charge in [-0.1, -0.05) is 0 Å². The van der Waals surface area contributed by atoms with Crippen molar-refractivity contribution in [3.63, 3.8) is 0 Å². The zero-order valence-corrected chi connectivity index (χ0v) is 11.8. The van der Waals surface area contributed by atoms with Crippen LogP contribution in [-0.4, -0.2) is 24.0 Å². The van der Waals surface area contributed by atoms with Crippen molar-refractivity contribution in [3.05, 3.63) is 48.3 Å². The SMILES string of the molecule is COc1ccc(NC(=O)c2cc(NC3CC3)ccn2)cc1. The second-order valence-electron chi connectivity index (χ2n) is 5.03. The van der Waals surface area contributed by atoms with Crippen molar-refractivity contribution >= 4 is 17.3 Å². The summed E-state index contributed by atoms with van der Waals surface area (Å²) >= 11 is 0. The number of methoxy groups -OCH3 is 1. The van der Waals surface area contributed by atoms with Crippen LogP contribution in [0.25, 0.3) is 0 Å². The molecule has 3 rings (SSSR count). The molecule has 108 valence electrons. The molecule has 1 aromatic carbocycles. The van der Waals surface area contributed by atoms with E-state index in [1.54, 1.807) is 43.6 Å². The summed E-state index contributed by atoms with van der Waals surface area (Å²) in [5.74, 6) is 0.529. The molecule has 1 aromatic heterocycles. The van der Waals surface area contributed by atoms with Crippen molar-refractivity contribution in [2.24, 2.45) is 0 Å². The summed E-state index contributed by atoms with van der Waals surface area (Å²) in [5.41, 5.74) is 2.05. The fraction of sp³-hybridized carbons (Fsp3) is 0.250. The van der Waals surface area contributed by atoms with E-state index < -0.39 is 0 Å². The molecule has 2 aromatic rings. The largest absolute Gasteiger partial charge is 0.497 e. The van der Waals surface area contributed by atoms with Gasteiger partial charge in [-0.15, -0.1) is 0 Å².